The Bertz CT molecular complexity index is 666. The van der Waals surface area contributed by atoms with Crippen LogP contribution in [0.4, 0.5) is 26.3 Å². The first-order valence-corrected chi connectivity index (χ1v) is 6.74. The van der Waals surface area contributed by atoms with Crippen LogP contribution >= 0.6 is 22.6 Å². The molecular formula is C13H6F6INO. The number of rotatable bonds is 2. The summed E-state index contributed by atoms with van der Waals surface area (Å²) < 4.78 is 78.9. The van der Waals surface area contributed by atoms with Crippen molar-refractivity contribution in [3.63, 3.8) is 0 Å². The third kappa shape index (κ3) is 4.24. The third-order valence-electron chi connectivity index (χ3n) is 2.53. The number of hydrogen-bond acceptors (Lipinski definition) is 2. The summed E-state index contributed by atoms with van der Waals surface area (Å²) in [6, 6.07) is 6.71. The van der Waals surface area contributed by atoms with Gasteiger partial charge in [-0.3, -0.25) is 0 Å². The summed E-state index contributed by atoms with van der Waals surface area (Å²) in [5.41, 5.74) is -1.22. The Balaban J connectivity index is 2.41. The van der Waals surface area contributed by atoms with Crippen molar-refractivity contribution in [1.82, 2.24) is 4.98 Å². The summed E-state index contributed by atoms with van der Waals surface area (Å²) in [6.07, 6.45) is -9.53. The van der Waals surface area contributed by atoms with Crippen LogP contribution in [0.5, 0.6) is 5.75 Å². The molecule has 118 valence electrons. The van der Waals surface area contributed by atoms with Crippen molar-refractivity contribution in [2.75, 3.05) is 0 Å². The van der Waals surface area contributed by atoms with Gasteiger partial charge in [0.15, 0.2) is 5.69 Å². The maximum Gasteiger partial charge on any atom is 0.573 e. The summed E-state index contributed by atoms with van der Waals surface area (Å²) in [6.45, 7) is 0. The second-order valence-electron chi connectivity index (χ2n) is 4.10. The van der Waals surface area contributed by atoms with Gasteiger partial charge in [-0.25, -0.2) is 4.98 Å². The van der Waals surface area contributed by atoms with Crippen molar-refractivity contribution in [2.45, 2.75) is 12.5 Å². The highest BCUT2D eigenvalue weighted by atomic mass is 127. The van der Waals surface area contributed by atoms with Crippen LogP contribution in [0.2, 0.25) is 0 Å². The lowest BCUT2D eigenvalue weighted by Crippen LogP contribution is -2.17. The van der Waals surface area contributed by atoms with E-state index < -0.39 is 24.0 Å². The predicted molar refractivity (Wildman–Crippen MR) is 74.1 cm³/mol. The van der Waals surface area contributed by atoms with E-state index in [1.165, 1.54) is 12.1 Å². The van der Waals surface area contributed by atoms with Gasteiger partial charge in [0.2, 0.25) is 0 Å². The standard InChI is InChI=1S/C13H6F6INO/c14-12(15,16)11-9(5-6-10(20)21-11)7-1-3-8(4-2-7)22-13(17,18)19/h1-6H. The first kappa shape index (κ1) is 16.8. The topological polar surface area (TPSA) is 22.1 Å². The molecule has 0 spiro atoms. The summed E-state index contributed by atoms with van der Waals surface area (Å²) in [5.74, 6) is -0.511. The molecule has 0 unspecified atom stereocenters. The van der Waals surface area contributed by atoms with Crippen LogP contribution in [-0.2, 0) is 6.18 Å². The zero-order valence-corrected chi connectivity index (χ0v) is 12.6. The molecule has 1 aromatic heterocycles. The fourth-order valence-electron chi connectivity index (χ4n) is 1.72. The molecule has 9 heteroatoms. The lowest BCUT2D eigenvalue weighted by atomic mass is 10.0. The normalized spacial score (nSPS) is 12.3. The average Bonchev–Trinajstić information content (AvgIpc) is 2.37. The van der Waals surface area contributed by atoms with E-state index >= 15 is 0 Å². The maximum absolute atomic E-state index is 13.0. The first-order valence-electron chi connectivity index (χ1n) is 5.66. The third-order valence-corrected chi connectivity index (χ3v) is 3.13. The highest BCUT2D eigenvalue weighted by molar-refractivity contribution is 14.1. The predicted octanol–water partition coefficient (Wildman–Crippen LogP) is 5.27. The number of nitrogens with zero attached hydrogens (tertiary/aromatic N) is 1. The first-order chi connectivity index (χ1) is 10.1. The summed E-state index contributed by atoms with van der Waals surface area (Å²) in [7, 11) is 0. The van der Waals surface area contributed by atoms with Gasteiger partial charge in [0.25, 0.3) is 0 Å². The summed E-state index contributed by atoms with van der Waals surface area (Å²) in [4.78, 5) is 3.45. The molecule has 0 aliphatic heterocycles. The van der Waals surface area contributed by atoms with E-state index in [1.807, 2.05) is 0 Å². The SMILES string of the molecule is FC(F)(F)Oc1ccc(-c2ccc(I)nc2C(F)(F)F)cc1. The van der Waals surface area contributed by atoms with E-state index in [1.54, 1.807) is 22.6 Å². The number of benzene rings is 1. The Morgan fingerprint density at radius 1 is 0.864 bits per heavy atom. The molecule has 2 rings (SSSR count). The van der Waals surface area contributed by atoms with Gasteiger partial charge in [-0.05, 0) is 52.4 Å². The van der Waals surface area contributed by atoms with E-state index in [9.17, 15) is 26.3 Å². The van der Waals surface area contributed by atoms with Gasteiger partial charge < -0.3 is 4.74 Å². The molecule has 0 aliphatic carbocycles. The summed E-state index contributed by atoms with van der Waals surface area (Å²) >= 11 is 1.65. The van der Waals surface area contributed by atoms with Crippen LogP contribution in [0.25, 0.3) is 11.1 Å². The van der Waals surface area contributed by atoms with Gasteiger partial charge >= 0.3 is 12.5 Å². The molecule has 2 nitrogen and oxygen atoms in total. The zero-order chi connectivity index (χ0) is 16.5. The lowest BCUT2D eigenvalue weighted by molar-refractivity contribution is -0.274. The van der Waals surface area contributed by atoms with E-state index in [4.69, 9.17) is 0 Å². The van der Waals surface area contributed by atoms with Crippen molar-refractivity contribution in [3.8, 4) is 16.9 Å². The second-order valence-corrected chi connectivity index (χ2v) is 5.21. The molecule has 0 fully saturated rings. The van der Waals surface area contributed by atoms with Crippen LogP contribution < -0.4 is 4.74 Å². The lowest BCUT2D eigenvalue weighted by Gasteiger charge is -2.13. The fraction of sp³-hybridized carbons (Fsp3) is 0.154. The highest BCUT2D eigenvalue weighted by Crippen LogP contribution is 2.36. The van der Waals surface area contributed by atoms with Crippen LogP contribution in [0.1, 0.15) is 5.69 Å². The molecule has 0 N–H and O–H groups in total. The van der Waals surface area contributed by atoms with E-state index in [0.717, 1.165) is 24.3 Å². The van der Waals surface area contributed by atoms with Crippen LogP contribution in [0.3, 0.4) is 0 Å². The van der Waals surface area contributed by atoms with Gasteiger partial charge in [0, 0.05) is 5.56 Å². The molecule has 22 heavy (non-hydrogen) atoms. The van der Waals surface area contributed by atoms with E-state index in [-0.39, 0.29) is 14.8 Å². The minimum absolute atomic E-state index is 0.0887. The minimum atomic E-state index is -4.86. The Labute approximate surface area is 134 Å². The van der Waals surface area contributed by atoms with E-state index in [2.05, 4.69) is 9.72 Å². The van der Waals surface area contributed by atoms with Gasteiger partial charge in [-0.15, -0.1) is 13.2 Å². The minimum Gasteiger partial charge on any atom is -0.406 e. The number of pyridine rings is 1. The molecule has 0 atom stereocenters. The molecule has 0 saturated carbocycles. The molecule has 0 saturated heterocycles. The number of aromatic nitrogens is 1. The molecular weight excluding hydrogens is 427 g/mol. The average molecular weight is 433 g/mol. The Morgan fingerprint density at radius 3 is 1.95 bits per heavy atom. The maximum atomic E-state index is 13.0. The Hall–Kier alpha value is -1.52. The highest BCUT2D eigenvalue weighted by Gasteiger charge is 2.36. The number of alkyl halides is 6. The van der Waals surface area contributed by atoms with Crippen LogP contribution in [0.15, 0.2) is 36.4 Å². The Kier molecular flexibility index (Phi) is 4.54. The zero-order valence-electron chi connectivity index (χ0n) is 10.5. The van der Waals surface area contributed by atoms with Gasteiger partial charge in [-0.1, -0.05) is 12.1 Å². The quantitative estimate of drug-likeness (QED) is 0.366. The Morgan fingerprint density at radius 2 is 1.45 bits per heavy atom. The number of ether oxygens (including phenoxy) is 1. The van der Waals surface area contributed by atoms with Crippen molar-refractivity contribution >= 4 is 22.6 Å². The van der Waals surface area contributed by atoms with Crippen LogP contribution in [0, 0.1) is 3.70 Å². The van der Waals surface area contributed by atoms with Gasteiger partial charge in [0.05, 0.1) is 0 Å². The van der Waals surface area contributed by atoms with Crippen molar-refractivity contribution in [1.29, 1.82) is 0 Å². The van der Waals surface area contributed by atoms with Crippen molar-refractivity contribution in [2.24, 2.45) is 0 Å². The van der Waals surface area contributed by atoms with Crippen LogP contribution in [-0.4, -0.2) is 11.3 Å². The molecule has 1 aromatic carbocycles. The molecule has 0 bridgehead atoms. The number of halogens is 7. The molecule has 0 amide bonds. The summed E-state index contributed by atoms with van der Waals surface area (Å²) in [5, 5.41) is 0. The van der Waals surface area contributed by atoms with Crippen molar-refractivity contribution in [3.05, 3.63) is 45.8 Å². The van der Waals surface area contributed by atoms with Gasteiger partial charge in [-0.2, -0.15) is 13.2 Å². The largest absolute Gasteiger partial charge is 0.573 e. The second kappa shape index (κ2) is 5.94. The van der Waals surface area contributed by atoms with E-state index in [0.29, 0.717) is 0 Å². The molecule has 0 aliphatic rings. The molecule has 1 heterocycles. The monoisotopic (exact) mass is 433 g/mol. The van der Waals surface area contributed by atoms with Crippen molar-refractivity contribution < 1.29 is 31.1 Å². The molecule has 0 radical (unpaired) electrons. The fourth-order valence-corrected chi connectivity index (χ4v) is 2.14. The van der Waals surface area contributed by atoms with Gasteiger partial charge in [0.1, 0.15) is 9.45 Å². The number of hydrogen-bond donors (Lipinski definition) is 0. The smallest absolute Gasteiger partial charge is 0.406 e. The molecule has 2 aromatic rings.